The Hall–Kier alpha value is -1.40. The van der Waals surface area contributed by atoms with E-state index in [0.29, 0.717) is 17.0 Å². The first-order valence-electron chi connectivity index (χ1n) is 4.88. The molecule has 17 heavy (non-hydrogen) atoms. The number of rotatable bonds is 2. The molecule has 0 aliphatic heterocycles. The molecule has 0 saturated heterocycles. The number of aromatic amines is 1. The van der Waals surface area contributed by atoms with Crippen LogP contribution in [0.5, 0.6) is 0 Å². The Morgan fingerprint density at radius 1 is 1.53 bits per heavy atom. The van der Waals surface area contributed by atoms with Crippen LogP contribution in [-0.2, 0) is 4.79 Å². The molecule has 0 fully saturated rings. The second-order valence-corrected chi connectivity index (χ2v) is 4.82. The maximum absolute atomic E-state index is 11.3. The van der Waals surface area contributed by atoms with E-state index in [9.17, 15) is 9.59 Å². The normalized spacial score (nSPS) is 10.8. The van der Waals surface area contributed by atoms with Crippen molar-refractivity contribution in [1.29, 1.82) is 0 Å². The smallest absolute Gasteiger partial charge is 0.306 e. The molecule has 90 valence electrons. The SMILES string of the molecule is Cc1nc2[nH]c(=O)sc2c(C)c1NC(=O)CCl. The first kappa shape index (κ1) is 12.1. The Morgan fingerprint density at radius 2 is 2.24 bits per heavy atom. The average molecular weight is 272 g/mol. The number of halogens is 1. The highest BCUT2D eigenvalue weighted by Crippen LogP contribution is 2.27. The van der Waals surface area contributed by atoms with Crippen LogP contribution >= 0.6 is 22.9 Å². The van der Waals surface area contributed by atoms with Crippen LogP contribution in [0.2, 0.25) is 0 Å². The average Bonchev–Trinajstić information content (AvgIpc) is 2.64. The minimum Gasteiger partial charge on any atom is -0.323 e. The molecule has 0 saturated carbocycles. The van der Waals surface area contributed by atoms with E-state index in [4.69, 9.17) is 11.6 Å². The van der Waals surface area contributed by atoms with Crippen molar-refractivity contribution in [2.75, 3.05) is 11.2 Å². The number of hydrogen-bond donors (Lipinski definition) is 2. The number of hydrogen-bond acceptors (Lipinski definition) is 4. The Labute approximate surface area is 106 Å². The number of aryl methyl sites for hydroxylation is 2. The number of nitrogens with zero attached hydrogens (tertiary/aromatic N) is 1. The first-order valence-corrected chi connectivity index (χ1v) is 6.24. The molecular formula is C10H10ClN3O2S. The summed E-state index contributed by atoms with van der Waals surface area (Å²) in [5.74, 6) is -0.401. The number of H-pyrrole nitrogens is 1. The number of anilines is 1. The highest BCUT2D eigenvalue weighted by Gasteiger charge is 2.13. The van der Waals surface area contributed by atoms with Crippen molar-refractivity contribution in [2.24, 2.45) is 0 Å². The van der Waals surface area contributed by atoms with Gasteiger partial charge in [0.2, 0.25) is 5.91 Å². The van der Waals surface area contributed by atoms with E-state index in [0.717, 1.165) is 21.6 Å². The zero-order chi connectivity index (χ0) is 12.6. The molecule has 0 radical (unpaired) electrons. The number of pyridine rings is 1. The number of aromatic nitrogens is 2. The predicted molar refractivity (Wildman–Crippen MR) is 69.1 cm³/mol. The molecule has 2 aromatic heterocycles. The number of alkyl halides is 1. The molecule has 2 heterocycles. The summed E-state index contributed by atoms with van der Waals surface area (Å²) in [4.78, 5) is 29.3. The Kier molecular flexibility index (Phi) is 3.17. The summed E-state index contributed by atoms with van der Waals surface area (Å²) in [7, 11) is 0. The molecule has 0 aliphatic carbocycles. The van der Waals surface area contributed by atoms with Crippen molar-refractivity contribution < 1.29 is 4.79 Å². The van der Waals surface area contributed by atoms with Gasteiger partial charge >= 0.3 is 4.87 Å². The Morgan fingerprint density at radius 3 is 2.88 bits per heavy atom. The van der Waals surface area contributed by atoms with Gasteiger partial charge < -0.3 is 5.32 Å². The van der Waals surface area contributed by atoms with Gasteiger partial charge in [-0.1, -0.05) is 11.3 Å². The lowest BCUT2D eigenvalue weighted by atomic mass is 10.2. The quantitative estimate of drug-likeness (QED) is 0.818. The molecular weight excluding hydrogens is 262 g/mol. The van der Waals surface area contributed by atoms with Crippen molar-refractivity contribution in [1.82, 2.24) is 9.97 Å². The molecule has 7 heteroatoms. The fourth-order valence-electron chi connectivity index (χ4n) is 1.62. The van der Waals surface area contributed by atoms with E-state index >= 15 is 0 Å². The van der Waals surface area contributed by atoms with Crippen molar-refractivity contribution in [2.45, 2.75) is 13.8 Å². The summed E-state index contributed by atoms with van der Waals surface area (Å²) in [6, 6.07) is 0. The third kappa shape index (κ3) is 2.18. The maximum Gasteiger partial charge on any atom is 0.306 e. The zero-order valence-electron chi connectivity index (χ0n) is 9.26. The van der Waals surface area contributed by atoms with Gasteiger partial charge in [0.05, 0.1) is 16.1 Å². The van der Waals surface area contributed by atoms with E-state index in [1.165, 1.54) is 0 Å². The fourth-order valence-corrected chi connectivity index (χ4v) is 2.47. The summed E-state index contributed by atoms with van der Waals surface area (Å²) in [5, 5.41) is 2.69. The number of carbonyl (C=O) groups excluding carboxylic acids is 1. The van der Waals surface area contributed by atoms with Gasteiger partial charge in [-0.25, -0.2) is 4.98 Å². The molecule has 0 aromatic carbocycles. The minimum absolute atomic E-state index is 0.111. The van der Waals surface area contributed by atoms with Crippen molar-refractivity contribution in [3.05, 3.63) is 20.9 Å². The standard InChI is InChI=1S/C10H10ClN3O2S/c1-4-7(13-6(15)3-11)5(2)12-9-8(4)17-10(16)14-9/h3H2,1-2H3,(H,13,15)(H,12,14,16). The van der Waals surface area contributed by atoms with Crippen LogP contribution in [0.1, 0.15) is 11.3 Å². The molecule has 0 aliphatic rings. The lowest BCUT2D eigenvalue weighted by Gasteiger charge is -2.10. The number of amides is 1. The fraction of sp³-hybridized carbons (Fsp3) is 0.300. The van der Waals surface area contributed by atoms with Crippen molar-refractivity contribution in [3.8, 4) is 0 Å². The summed E-state index contributed by atoms with van der Waals surface area (Å²) < 4.78 is 0.755. The van der Waals surface area contributed by atoms with Crippen LogP contribution < -0.4 is 10.2 Å². The molecule has 5 nitrogen and oxygen atoms in total. The van der Waals surface area contributed by atoms with Crippen molar-refractivity contribution >= 4 is 44.9 Å². The topological polar surface area (TPSA) is 74.8 Å². The highest BCUT2D eigenvalue weighted by molar-refractivity contribution is 7.16. The van der Waals surface area contributed by atoms with Crippen LogP contribution in [0.25, 0.3) is 10.3 Å². The van der Waals surface area contributed by atoms with Gasteiger partial charge in [0.25, 0.3) is 0 Å². The summed E-state index contributed by atoms with van der Waals surface area (Å²) in [5.41, 5.74) is 2.66. The largest absolute Gasteiger partial charge is 0.323 e. The predicted octanol–water partition coefficient (Wildman–Crippen LogP) is 1.78. The summed E-state index contributed by atoms with van der Waals surface area (Å²) >= 11 is 6.52. The Bertz CT molecular complexity index is 647. The van der Waals surface area contributed by atoms with Crippen LogP contribution in [0, 0.1) is 13.8 Å². The van der Waals surface area contributed by atoms with Crippen LogP contribution in [0.15, 0.2) is 4.79 Å². The van der Waals surface area contributed by atoms with Crippen LogP contribution in [-0.4, -0.2) is 21.8 Å². The van der Waals surface area contributed by atoms with Gasteiger partial charge in [-0.2, -0.15) is 0 Å². The van der Waals surface area contributed by atoms with E-state index in [2.05, 4.69) is 15.3 Å². The van der Waals surface area contributed by atoms with E-state index in [-0.39, 0.29) is 16.7 Å². The molecule has 0 spiro atoms. The number of fused-ring (bicyclic) bond motifs is 1. The minimum atomic E-state index is -0.290. The number of carbonyl (C=O) groups is 1. The van der Waals surface area contributed by atoms with Crippen LogP contribution in [0.3, 0.4) is 0 Å². The third-order valence-electron chi connectivity index (χ3n) is 2.37. The van der Waals surface area contributed by atoms with E-state index < -0.39 is 0 Å². The monoisotopic (exact) mass is 271 g/mol. The lowest BCUT2D eigenvalue weighted by molar-refractivity contribution is -0.113. The second-order valence-electron chi connectivity index (χ2n) is 3.57. The first-order chi connectivity index (χ1) is 8.02. The highest BCUT2D eigenvalue weighted by atomic mass is 35.5. The third-order valence-corrected chi connectivity index (χ3v) is 3.61. The van der Waals surface area contributed by atoms with Gasteiger partial charge in [-0.3, -0.25) is 14.6 Å². The van der Waals surface area contributed by atoms with Gasteiger partial charge in [-0.15, -0.1) is 11.6 Å². The van der Waals surface area contributed by atoms with Gasteiger partial charge in [0, 0.05) is 0 Å². The maximum atomic E-state index is 11.3. The summed E-state index contributed by atoms with van der Waals surface area (Å²) in [6.45, 7) is 3.61. The second kappa shape index (κ2) is 4.46. The molecule has 1 amide bonds. The lowest BCUT2D eigenvalue weighted by Crippen LogP contribution is -2.15. The Balaban J connectivity index is 2.62. The summed E-state index contributed by atoms with van der Waals surface area (Å²) in [6.07, 6.45) is 0. The van der Waals surface area contributed by atoms with Gasteiger partial charge in [0.1, 0.15) is 5.88 Å². The van der Waals surface area contributed by atoms with Gasteiger partial charge in [-0.05, 0) is 19.4 Å². The molecule has 2 N–H and O–H groups in total. The molecule has 0 bridgehead atoms. The molecule has 2 rings (SSSR count). The molecule has 0 unspecified atom stereocenters. The van der Waals surface area contributed by atoms with E-state index in [1.807, 2.05) is 6.92 Å². The molecule has 2 aromatic rings. The van der Waals surface area contributed by atoms with Crippen molar-refractivity contribution in [3.63, 3.8) is 0 Å². The van der Waals surface area contributed by atoms with E-state index in [1.54, 1.807) is 6.92 Å². The van der Waals surface area contributed by atoms with Gasteiger partial charge in [0.15, 0.2) is 5.65 Å². The number of nitrogens with one attached hydrogen (secondary N) is 2. The number of thiazole rings is 1. The molecule has 0 atom stereocenters. The van der Waals surface area contributed by atoms with Crippen LogP contribution in [0.4, 0.5) is 5.69 Å². The zero-order valence-corrected chi connectivity index (χ0v) is 10.8.